The second-order valence-corrected chi connectivity index (χ2v) is 5.65. The molecule has 0 bridgehead atoms. The number of likely N-dealkylation sites (N-methyl/N-ethyl adjacent to an activating group) is 1. The van der Waals surface area contributed by atoms with Gasteiger partial charge in [-0.05, 0) is 48.2 Å². The van der Waals surface area contributed by atoms with Crippen LogP contribution in [0.1, 0.15) is 16.7 Å². The highest BCUT2D eigenvalue weighted by atomic mass is 19.1. The summed E-state index contributed by atoms with van der Waals surface area (Å²) in [5.41, 5.74) is 4.87. The second-order valence-electron chi connectivity index (χ2n) is 5.65. The van der Waals surface area contributed by atoms with Crippen LogP contribution in [-0.2, 0) is 19.4 Å². The highest BCUT2D eigenvalue weighted by molar-refractivity contribution is 5.58. The van der Waals surface area contributed by atoms with E-state index in [9.17, 15) is 4.39 Å². The SMILES string of the molecule is CN1CCc2cc(CNCCc3ccccc3F)ccc21. The Bertz CT molecular complexity index is 624. The van der Waals surface area contributed by atoms with Gasteiger partial charge in [-0.25, -0.2) is 4.39 Å². The van der Waals surface area contributed by atoms with E-state index in [0.29, 0.717) is 0 Å². The predicted molar refractivity (Wildman–Crippen MR) is 85.2 cm³/mol. The number of halogens is 1. The highest BCUT2D eigenvalue weighted by Gasteiger charge is 2.15. The molecule has 0 aromatic heterocycles. The van der Waals surface area contributed by atoms with Crippen molar-refractivity contribution in [3.05, 3.63) is 65.0 Å². The van der Waals surface area contributed by atoms with Crippen molar-refractivity contribution in [3.8, 4) is 0 Å². The van der Waals surface area contributed by atoms with Crippen molar-refractivity contribution in [1.82, 2.24) is 5.32 Å². The summed E-state index contributed by atoms with van der Waals surface area (Å²) in [5, 5.41) is 3.40. The Labute approximate surface area is 125 Å². The van der Waals surface area contributed by atoms with Crippen LogP contribution in [0.25, 0.3) is 0 Å². The molecule has 2 aromatic carbocycles. The minimum atomic E-state index is -0.111. The zero-order valence-electron chi connectivity index (χ0n) is 12.4. The van der Waals surface area contributed by atoms with E-state index in [2.05, 4.69) is 35.5 Å². The van der Waals surface area contributed by atoms with Gasteiger partial charge in [-0.15, -0.1) is 0 Å². The highest BCUT2D eigenvalue weighted by Crippen LogP contribution is 2.27. The standard InChI is InChI=1S/C18H21FN2/c1-21-11-9-16-12-14(6-7-18(16)21)13-20-10-8-15-4-2-3-5-17(15)19/h2-7,12,20H,8-11,13H2,1H3. The molecule has 0 amide bonds. The zero-order chi connectivity index (χ0) is 14.7. The number of hydrogen-bond donors (Lipinski definition) is 1. The molecule has 2 nitrogen and oxygen atoms in total. The van der Waals surface area contributed by atoms with E-state index in [1.54, 1.807) is 6.07 Å². The van der Waals surface area contributed by atoms with Gasteiger partial charge in [0.1, 0.15) is 5.82 Å². The Morgan fingerprint density at radius 1 is 1.19 bits per heavy atom. The van der Waals surface area contributed by atoms with Crippen molar-refractivity contribution < 1.29 is 4.39 Å². The summed E-state index contributed by atoms with van der Waals surface area (Å²) >= 11 is 0. The minimum absolute atomic E-state index is 0.111. The molecule has 0 saturated heterocycles. The van der Waals surface area contributed by atoms with E-state index in [4.69, 9.17) is 0 Å². The summed E-state index contributed by atoms with van der Waals surface area (Å²) in [6.45, 7) is 2.74. The Morgan fingerprint density at radius 2 is 2.05 bits per heavy atom. The average molecular weight is 284 g/mol. The molecule has 3 heteroatoms. The molecular formula is C18H21FN2. The fourth-order valence-electron chi connectivity index (χ4n) is 2.89. The summed E-state index contributed by atoms with van der Waals surface area (Å²) in [4.78, 5) is 2.30. The van der Waals surface area contributed by atoms with E-state index in [1.165, 1.54) is 22.9 Å². The first kappa shape index (κ1) is 14.1. The van der Waals surface area contributed by atoms with Crippen LogP contribution in [0.15, 0.2) is 42.5 Å². The summed E-state index contributed by atoms with van der Waals surface area (Å²) in [6.07, 6.45) is 1.86. The van der Waals surface area contributed by atoms with Gasteiger partial charge in [-0.3, -0.25) is 0 Å². The fraction of sp³-hybridized carbons (Fsp3) is 0.333. The van der Waals surface area contributed by atoms with Crippen LogP contribution in [0, 0.1) is 5.82 Å². The molecule has 110 valence electrons. The lowest BCUT2D eigenvalue weighted by Gasteiger charge is -2.12. The summed E-state index contributed by atoms with van der Waals surface area (Å²) in [7, 11) is 2.14. The number of hydrogen-bond acceptors (Lipinski definition) is 2. The molecule has 1 heterocycles. The Morgan fingerprint density at radius 3 is 2.90 bits per heavy atom. The molecule has 3 rings (SSSR count). The van der Waals surface area contributed by atoms with Gasteiger partial charge in [-0.2, -0.15) is 0 Å². The van der Waals surface area contributed by atoms with E-state index >= 15 is 0 Å². The number of benzene rings is 2. The second kappa shape index (κ2) is 6.27. The first-order chi connectivity index (χ1) is 10.2. The van der Waals surface area contributed by atoms with Crippen LogP contribution >= 0.6 is 0 Å². The fourth-order valence-corrected chi connectivity index (χ4v) is 2.89. The maximum absolute atomic E-state index is 13.5. The van der Waals surface area contributed by atoms with Gasteiger partial charge in [0.2, 0.25) is 0 Å². The molecule has 0 aliphatic carbocycles. The Balaban J connectivity index is 1.51. The number of nitrogens with one attached hydrogen (secondary N) is 1. The van der Waals surface area contributed by atoms with Gasteiger partial charge in [-0.1, -0.05) is 30.3 Å². The van der Waals surface area contributed by atoms with Crippen molar-refractivity contribution in [2.45, 2.75) is 19.4 Å². The van der Waals surface area contributed by atoms with E-state index < -0.39 is 0 Å². The van der Waals surface area contributed by atoms with Gasteiger partial charge >= 0.3 is 0 Å². The van der Waals surface area contributed by atoms with E-state index in [1.807, 2.05) is 12.1 Å². The molecule has 0 unspecified atom stereocenters. The van der Waals surface area contributed by atoms with Crippen molar-refractivity contribution >= 4 is 5.69 Å². The van der Waals surface area contributed by atoms with Gasteiger partial charge in [0.05, 0.1) is 0 Å². The largest absolute Gasteiger partial charge is 0.374 e. The number of rotatable bonds is 5. The lowest BCUT2D eigenvalue weighted by atomic mass is 10.1. The van der Waals surface area contributed by atoms with Crippen LogP contribution in [-0.4, -0.2) is 20.1 Å². The molecule has 0 fully saturated rings. The van der Waals surface area contributed by atoms with Crippen LogP contribution in [0.5, 0.6) is 0 Å². The number of anilines is 1. The first-order valence-electron chi connectivity index (χ1n) is 7.51. The third-order valence-corrected chi connectivity index (χ3v) is 4.13. The molecule has 21 heavy (non-hydrogen) atoms. The number of nitrogens with zero attached hydrogens (tertiary/aromatic N) is 1. The van der Waals surface area contributed by atoms with Crippen molar-refractivity contribution in [1.29, 1.82) is 0 Å². The topological polar surface area (TPSA) is 15.3 Å². The van der Waals surface area contributed by atoms with Gasteiger partial charge in [0.25, 0.3) is 0 Å². The molecule has 1 N–H and O–H groups in total. The molecule has 1 aliphatic heterocycles. The molecular weight excluding hydrogens is 263 g/mol. The van der Waals surface area contributed by atoms with Crippen LogP contribution in [0.4, 0.5) is 10.1 Å². The maximum Gasteiger partial charge on any atom is 0.126 e. The van der Waals surface area contributed by atoms with Crippen LogP contribution < -0.4 is 10.2 Å². The molecule has 0 spiro atoms. The first-order valence-corrected chi connectivity index (χ1v) is 7.51. The zero-order valence-corrected chi connectivity index (χ0v) is 12.4. The van der Waals surface area contributed by atoms with Gasteiger partial charge in [0, 0.05) is 25.8 Å². The lowest BCUT2D eigenvalue weighted by molar-refractivity contribution is 0.598. The average Bonchev–Trinajstić information content (AvgIpc) is 2.86. The molecule has 0 radical (unpaired) electrons. The third kappa shape index (κ3) is 3.24. The molecule has 0 saturated carbocycles. The monoisotopic (exact) mass is 284 g/mol. The van der Waals surface area contributed by atoms with Gasteiger partial charge in [0.15, 0.2) is 0 Å². The number of fused-ring (bicyclic) bond motifs is 1. The summed E-state index contributed by atoms with van der Waals surface area (Å²) in [6, 6.07) is 13.7. The van der Waals surface area contributed by atoms with E-state index in [-0.39, 0.29) is 5.82 Å². The van der Waals surface area contributed by atoms with E-state index in [0.717, 1.165) is 38.0 Å². The molecule has 1 aliphatic rings. The quantitative estimate of drug-likeness (QED) is 0.849. The van der Waals surface area contributed by atoms with Gasteiger partial charge < -0.3 is 10.2 Å². The Hall–Kier alpha value is -1.87. The third-order valence-electron chi connectivity index (χ3n) is 4.13. The van der Waals surface area contributed by atoms with Crippen molar-refractivity contribution in [2.24, 2.45) is 0 Å². The molecule has 2 aromatic rings. The summed E-state index contributed by atoms with van der Waals surface area (Å²) in [5.74, 6) is -0.111. The maximum atomic E-state index is 13.5. The summed E-state index contributed by atoms with van der Waals surface area (Å²) < 4.78 is 13.5. The van der Waals surface area contributed by atoms with Crippen LogP contribution in [0.2, 0.25) is 0 Å². The molecule has 0 atom stereocenters. The van der Waals surface area contributed by atoms with Crippen molar-refractivity contribution in [2.75, 3.05) is 25.0 Å². The van der Waals surface area contributed by atoms with Crippen LogP contribution in [0.3, 0.4) is 0 Å². The lowest BCUT2D eigenvalue weighted by Crippen LogP contribution is -2.17. The minimum Gasteiger partial charge on any atom is -0.374 e. The normalized spacial score (nSPS) is 13.5. The van der Waals surface area contributed by atoms with Crippen molar-refractivity contribution in [3.63, 3.8) is 0 Å². The predicted octanol–water partition coefficient (Wildman–Crippen LogP) is 3.15. The Kier molecular flexibility index (Phi) is 4.20. The smallest absolute Gasteiger partial charge is 0.126 e.